The summed E-state index contributed by atoms with van der Waals surface area (Å²) in [5, 5.41) is 0. The number of anilines is 1. The van der Waals surface area contributed by atoms with Gasteiger partial charge in [0.15, 0.2) is 0 Å². The Hall–Kier alpha value is -1.94. The maximum atomic E-state index is 4.69. The van der Waals surface area contributed by atoms with Crippen LogP contribution in [0.3, 0.4) is 0 Å². The fraction of sp³-hybridized carbons (Fsp3) is 0.500. The maximum Gasteiger partial charge on any atom is 0.150 e. The van der Waals surface area contributed by atoms with Gasteiger partial charge in [0, 0.05) is 32.4 Å². The molecule has 0 N–H and O–H groups in total. The first-order valence-corrected chi connectivity index (χ1v) is 8.89. The third-order valence-electron chi connectivity index (χ3n) is 4.83. The number of piperidine rings is 1. The Balaban J connectivity index is 1.51. The molecule has 4 nitrogen and oxygen atoms in total. The summed E-state index contributed by atoms with van der Waals surface area (Å²) in [6.07, 6.45) is 4.31. The predicted octanol–water partition coefficient (Wildman–Crippen LogP) is 3.44. The van der Waals surface area contributed by atoms with Gasteiger partial charge in [-0.05, 0) is 45.2 Å². The fourth-order valence-electron chi connectivity index (χ4n) is 3.55. The van der Waals surface area contributed by atoms with Gasteiger partial charge in [0.05, 0.1) is 11.4 Å². The quantitative estimate of drug-likeness (QED) is 0.843. The zero-order chi connectivity index (χ0) is 16.9. The molecule has 0 radical (unpaired) electrons. The van der Waals surface area contributed by atoms with Crippen LogP contribution in [-0.2, 0) is 6.54 Å². The molecule has 1 aromatic heterocycles. The number of rotatable bonds is 5. The highest BCUT2D eigenvalue weighted by molar-refractivity contribution is 5.43. The summed E-state index contributed by atoms with van der Waals surface area (Å²) in [4.78, 5) is 14.0. The minimum atomic E-state index is 0.771. The molecule has 0 spiro atoms. The van der Waals surface area contributed by atoms with Gasteiger partial charge in [0.2, 0.25) is 0 Å². The minimum absolute atomic E-state index is 0.771. The Bertz CT molecular complexity index is 648. The van der Waals surface area contributed by atoms with Crippen LogP contribution in [-0.4, -0.2) is 41.5 Å². The second-order valence-corrected chi connectivity index (χ2v) is 7.03. The predicted molar refractivity (Wildman–Crippen MR) is 99.2 cm³/mol. The fourth-order valence-corrected chi connectivity index (χ4v) is 3.55. The molecule has 0 saturated carbocycles. The van der Waals surface area contributed by atoms with Gasteiger partial charge in [0.25, 0.3) is 0 Å². The molecule has 1 aliphatic heterocycles. The summed E-state index contributed by atoms with van der Waals surface area (Å²) in [5.74, 6) is 1.85. The standard InChI is InChI=1S/C20H28N4/c1-16-13-21-17(2)20(22-16)24-11-9-19(10-12-24)15-23(3)14-18-7-5-4-6-8-18/h4-8,13,19H,9-12,14-15H2,1-3H3. The third kappa shape index (κ3) is 4.32. The van der Waals surface area contributed by atoms with Crippen LogP contribution in [0.2, 0.25) is 0 Å². The van der Waals surface area contributed by atoms with Gasteiger partial charge < -0.3 is 9.80 Å². The van der Waals surface area contributed by atoms with Crippen molar-refractivity contribution in [3.63, 3.8) is 0 Å². The number of hydrogen-bond acceptors (Lipinski definition) is 4. The number of benzene rings is 1. The Morgan fingerprint density at radius 3 is 2.54 bits per heavy atom. The van der Waals surface area contributed by atoms with Gasteiger partial charge >= 0.3 is 0 Å². The molecule has 24 heavy (non-hydrogen) atoms. The first kappa shape index (κ1) is 16.9. The summed E-state index contributed by atoms with van der Waals surface area (Å²) in [6, 6.07) is 10.7. The molecular formula is C20H28N4. The van der Waals surface area contributed by atoms with E-state index >= 15 is 0 Å². The number of aryl methyl sites for hydroxylation is 2. The lowest BCUT2D eigenvalue weighted by molar-refractivity contribution is 0.242. The summed E-state index contributed by atoms with van der Waals surface area (Å²) in [7, 11) is 2.23. The molecule has 4 heteroatoms. The molecular weight excluding hydrogens is 296 g/mol. The number of hydrogen-bond donors (Lipinski definition) is 0. The van der Waals surface area contributed by atoms with E-state index in [0.717, 1.165) is 42.8 Å². The van der Waals surface area contributed by atoms with Crippen LogP contribution >= 0.6 is 0 Å². The SMILES string of the molecule is Cc1cnc(C)c(N2CCC(CN(C)Cc3ccccc3)CC2)n1. The smallest absolute Gasteiger partial charge is 0.150 e. The second-order valence-electron chi connectivity index (χ2n) is 7.03. The van der Waals surface area contributed by atoms with Crippen LogP contribution in [0, 0.1) is 19.8 Å². The molecule has 1 saturated heterocycles. The van der Waals surface area contributed by atoms with Gasteiger partial charge in [-0.1, -0.05) is 30.3 Å². The maximum absolute atomic E-state index is 4.69. The van der Waals surface area contributed by atoms with Crippen LogP contribution in [0.15, 0.2) is 36.5 Å². The average molecular weight is 324 g/mol. The van der Waals surface area contributed by atoms with E-state index in [2.05, 4.69) is 59.1 Å². The van der Waals surface area contributed by atoms with E-state index in [4.69, 9.17) is 4.98 Å². The summed E-state index contributed by atoms with van der Waals surface area (Å²) in [5.41, 5.74) is 3.43. The first-order chi connectivity index (χ1) is 11.6. The van der Waals surface area contributed by atoms with E-state index in [1.165, 1.54) is 24.9 Å². The third-order valence-corrected chi connectivity index (χ3v) is 4.83. The van der Waals surface area contributed by atoms with Crippen molar-refractivity contribution in [3.8, 4) is 0 Å². The molecule has 0 amide bonds. The highest BCUT2D eigenvalue weighted by Gasteiger charge is 2.22. The van der Waals surface area contributed by atoms with Gasteiger partial charge in [-0.3, -0.25) is 4.98 Å². The van der Waals surface area contributed by atoms with Gasteiger partial charge in [-0.15, -0.1) is 0 Å². The molecule has 1 aromatic carbocycles. The molecule has 2 aromatic rings. The normalized spacial score (nSPS) is 15.9. The van der Waals surface area contributed by atoms with E-state index in [1.807, 2.05) is 13.1 Å². The van der Waals surface area contributed by atoms with Crippen molar-refractivity contribution in [2.45, 2.75) is 33.2 Å². The molecule has 0 aliphatic carbocycles. The topological polar surface area (TPSA) is 32.3 Å². The molecule has 3 rings (SSSR count). The lowest BCUT2D eigenvalue weighted by Gasteiger charge is -2.35. The van der Waals surface area contributed by atoms with Gasteiger partial charge in [-0.2, -0.15) is 0 Å². The van der Waals surface area contributed by atoms with E-state index < -0.39 is 0 Å². The lowest BCUT2D eigenvalue weighted by atomic mass is 9.96. The van der Waals surface area contributed by atoms with Crippen molar-refractivity contribution in [2.24, 2.45) is 5.92 Å². The lowest BCUT2D eigenvalue weighted by Crippen LogP contribution is -2.38. The summed E-state index contributed by atoms with van der Waals surface area (Å²) < 4.78 is 0. The Morgan fingerprint density at radius 1 is 1.12 bits per heavy atom. The summed E-state index contributed by atoms with van der Waals surface area (Å²) in [6.45, 7) is 8.44. The second kappa shape index (κ2) is 7.75. The van der Waals surface area contributed by atoms with Crippen LogP contribution in [0.1, 0.15) is 29.8 Å². The van der Waals surface area contributed by atoms with E-state index in [9.17, 15) is 0 Å². The molecule has 0 atom stereocenters. The molecule has 1 fully saturated rings. The monoisotopic (exact) mass is 324 g/mol. The van der Waals surface area contributed by atoms with Crippen molar-refractivity contribution in [1.29, 1.82) is 0 Å². The Morgan fingerprint density at radius 2 is 1.83 bits per heavy atom. The summed E-state index contributed by atoms with van der Waals surface area (Å²) >= 11 is 0. The Kier molecular flexibility index (Phi) is 5.46. The van der Waals surface area contributed by atoms with Crippen molar-refractivity contribution in [2.75, 3.05) is 31.6 Å². The first-order valence-electron chi connectivity index (χ1n) is 8.89. The number of aromatic nitrogens is 2. The van der Waals surface area contributed by atoms with Gasteiger partial charge in [-0.25, -0.2) is 4.98 Å². The van der Waals surface area contributed by atoms with Crippen LogP contribution in [0.4, 0.5) is 5.82 Å². The van der Waals surface area contributed by atoms with Crippen LogP contribution in [0.25, 0.3) is 0 Å². The van der Waals surface area contributed by atoms with Crippen LogP contribution in [0.5, 0.6) is 0 Å². The molecule has 1 aliphatic rings. The molecule has 0 unspecified atom stereocenters. The van der Waals surface area contributed by atoms with Gasteiger partial charge in [0.1, 0.15) is 5.82 Å². The zero-order valence-electron chi connectivity index (χ0n) is 15.1. The van der Waals surface area contributed by atoms with E-state index in [1.54, 1.807) is 0 Å². The van der Waals surface area contributed by atoms with E-state index in [-0.39, 0.29) is 0 Å². The molecule has 128 valence electrons. The Labute approximate surface area is 145 Å². The molecule has 0 bridgehead atoms. The van der Waals surface area contributed by atoms with Crippen molar-refractivity contribution in [3.05, 3.63) is 53.5 Å². The number of nitrogens with zero attached hydrogens (tertiary/aromatic N) is 4. The van der Waals surface area contributed by atoms with E-state index in [0.29, 0.717) is 0 Å². The highest BCUT2D eigenvalue weighted by Crippen LogP contribution is 2.24. The largest absolute Gasteiger partial charge is 0.355 e. The van der Waals surface area contributed by atoms with Crippen molar-refractivity contribution < 1.29 is 0 Å². The zero-order valence-corrected chi connectivity index (χ0v) is 15.1. The average Bonchev–Trinajstić information content (AvgIpc) is 2.59. The molecule has 2 heterocycles. The van der Waals surface area contributed by atoms with Crippen molar-refractivity contribution >= 4 is 5.82 Å². The highest BCUT2D eigenvalue weighted by atomic mass is 15.2. The van der Waals surface area contributed by atoms with Crippen LogP contribution < -0.4 is 4.90 Å². The minimum Gasteiger partial charge on any atom is -0.355 e. The van der Waals surface area contributed by atoms with Crippen molar-refractivity contribution in [1.82, 2.24) is 14.9 Å².